The molecule has 0 aliphatic carbocycles. The Labute approximate surface area is 149 Å². The van der Waals surface area contributed by atoms with Crippen LogP contribution in [0.25, 0.3) is 16.6 Å². The lowest BCUT2D eigenvalue weighted by atomic mass is 10.0. The Bertz CT molecular complexity index is 937. The number of nitrogens with two attached hydrogens (primary N) is 1. The highest BCUT2D eigenvalue weighted by Gasteiger charge is 2.19. The van der Waals surface area contributed by atoms with Gasteiger partial charge in [-0.15, -0.1) is 0 Å². The average molecular weight is 357 g/mol. The number of aliphatic hydroxyl groups excluding tert-OH is 1. The van der Waals surface area contributed by atoms with Crippen LogP contribution in [0.5, 0.6) is 0 Å². The van der Waals surface area contributed by atoms with Crippen LogP contribution in [0.15, 0.2) is 30.6 Å². The van der Waals surface area contributed by atoms with Crippen LogP contribution in [0.1, 0.15) is 11.3 Å². The number of rotatable bonds is 4. The first-order valence-corrected chi connectivity index (χ1v) is 8.48. The van der Waals surface area contributed by atoms with E-state index in [9.17, 15) is 9.50 Å². The summed E-state index contributed by atoms with van der Waals surface area (Å²) in [6.45, 7) is 3.47. The molecule has 0 amide bonds. The number of benzene rings is 1. The second-order valence-corrected chi connectivity index (χ2v) is 6.31. The lowest BCUT2D eigenvalue weighted by Crippen LogP contribution is -2.36. The van der Waals surface area contributed by atoms with Crippen molar-refractivity contribution in [1.82, 2.24) is 19.5 Å². The van der Waals surface area contributed by atoms with E-state index in [1.54, 1.807) is 16.6 Å². The number of morpholine rings is 1. The fourth-order valence-corrected chi connectivity index (χ4v) is 3.30. The summed E-state index contributed by atoms with van der Waals surface area (Å²) in [7, 11) is 0. The number of hydrogen-bond donors (Lipinski definition) is 2. The van der Waals surface area contributed by atoms with Gasteiger partial charge in [0, 0.05) is 30.8 Å². The summed E-state index contributed by atoms with van der Waals surface area (Å²) in [5, 5.41) is 13.5. The van der Waals surface area contributed by atoms with Crippen molar-refractivity contribution in [3.05, 3.63) is 47.7 Å². The van der Waals surface area contributed by atoms with Crippen LogP contribution >= 0.6 is 0 Å². The maximum absolute atomic E-state index is 14.2. The molecule has 0 atom stereocenters. The van der Waals surface area contributed by atoms with Gasteiger partial charge in [-0.3, -0.25) is 4.90 Å². The Morgan fingerprint density at radius 1 is 1.23 bits per heavy atom. The predicted octanol–water partition coefficient (Wildman–Crippen LogP) is 1.44. The lowest BCUT2D eigenvalue weighted by Gasteiger charge is -2.26. The maximum Gasteiger partial charge on any atom is 0.151 e. The van der Waals surface area contributed by atoms with Crippen molar-refractivity contribution in [2.24, 2.45) is 0 Å². The molecule has 136 valence electrons. The molecule has 2 aromatic heterocycles. The maximum atomic E-state index is 14.2. The van der Waals surface area contributed by atoms with Gasteiger partial charge >= 0.3 is 0 Å². The minimum absolute atomic E-state index is 0.259. The van der Waals surface area contributed by atoms with Gasteiger partial charge < -0.3 is 15.6 Å². The van der Waals surface area contributed by atoms with Gasteiger partial charge in [-0.1, -0.05) is 12.1 Å². The highest BCUT2D eigenvalue weighted by Crippen LogP contribution is 2.31. The molecular formula is C18H20FN5O2. The Balaban J connectivity index is 1.80. The van der Waals surface area contributed by atoms with Gasteiger partial charge in [0.15, 0.2) is 5.82 Å². The van der Waals surface area contributed by atoms with E-state index in [-0.39, 0.29) is 12.2 Å². The summed E-state index contributed by atoms with van der Waals surface area (Å²) in [4.78, 5) is 6.37. The monoisotopic (exact) mass is 357 g/mol. The largest absolute Gasteiger partial charge is 0.392 e. The van der Waals surface area contributed by atoms with E-state index in [0.29, 0.717) is 36.7 Å². The van der Waals surface area contributed by atoms with Crippen molar-refractivity contribution in [3.8, 4) is 11.1 Å². The van der Waals surface area contributed by atoms with E-state index in [2.05, 4.69) is 15.0 Å². The molecule has 0 saturated carbocycles. The highest BCUT2D eigenvalue weighted by molar-refractivity contribution is 5.88. The number of aliphatic hydroxyl groups is 1. The molecule has 0 spiro atoms. The molecule has 8 heteroatoms. The van der Waals surface area contributed by atoms with E-state index in [1.807, 2.05) is 6.07 Å². The van der Waals surface area contributed by atoms with Gasteiger partial charge in [0.05, 0.1) is 25.5 Å². The molecule has 1 aliphatic rings. The zero-order chi connectivity index (χ0) is 18.1. The van der Waals surface area contributed by atoms with Gasteiger partial charge in [-0.2, -0.15) is 5.10 Å². The van der Waals surface area contributed by atoms with Crippen LogP contribution < -0.4 is 5.73 Å². The lowest BCUT2D eigenvalue weighted by molar-refractivity contribution is 0.0334. The number of fused-ring (bicyclic) bond motifs is 1. The Kier molecular flexibility index (Phi) is 4.54. The summed E-state index contributed by atoms with van der Waals surface area (Å²) in [5.41, 5.74) is 9.42. The average Bonchev–Trinajstić information content (AvgIpc) is 3.02. The molecule has 1 aliphatic heterocycles. The van der Waals surface area contributed by atoms with Crippen molar-refractivity contribution in [1.29, 1.82) is 0 Å². The molecule has 3 aromatic rings. The van der Waals surface area contributed by atoms with Crippen molar-refractivity contribution in [2.45, 2.75) is 13.2 Å². The molecule has 7 nitrogen and oxygen atoms in total. The van der Waals surface area contributed by atoms with E-state index in [0.717, 1.165) is 24.3 Å². The molecule has 26 heavy (non-hydrogen) atoms. The summed E-state index contributed by atoms with van der Waals surface area (Å²) < 4.78 is 21.3. The van der Waals surface area contributed by atoms with E-state index < -0.39 is 5.82 Å². The zero-order valence-corrected chi connectivity index (χ0v) is 14.2. The SMILES string of the molecule is Nc1ncnn2c(CN3CCOCC3)cc(-c3ccc(CO)c(F)c3)c12. The van der Waals surface area contributed by atoms with Crippen molar-refractivity contribution < 1.29 is 14.2 Å². The quantitative estimate of drug-likeness (QED) is 0.735. The second kappa shape index (κ2) is 6.99. The van der Waals surface area contributed by atoms with E-state index in [4.69, 9.17) is 10.5 Å². The zero-order valence-electron chi connectivity index (χ0n) is 14.2. The molecule has 4 rings (SSSR count). The smallest absolute Gasteiger partial charge is 0.151 e. The first kappa shape index (κ1) is 16.9. The third-order valence-electron chi connectivity index (χ3n) is 4.68. The van der Waals surface area contributed by atoms with Crippen molar-refractivity contribution in [2.75, 3.05) is 32.0 Å². The molecular weight excluding hydrogens is 337 g/mol. The van der Waals surface area contributed by atoms with Crippen LogP contribution in [0.2, 0.25) is 0 Å². The van der Waals surface area contributed by atoms with E-state index >= 15 is 0 Å². The first-order valence-electron chi connectivity index (χ1n) is 8.48. The fraction of sp³-hybridized carbons (Fsp3) is 0.333. The van der Waals surface area contributed by atoms with Crippen molar-refractivity contribution >= 4 is 11.3 Å². The molecule has 1 aromatic carbocycles. The molecule has 0 radical (unpaired) electrons. The van der Waals surface area contributed by atoms with Gasteiger partial charge in [-0.05, 0) is 17.7 Å². The Morgan fingerprint density at radius 2 is 2.04 bits per heavy atom. The molecule has 0 bridgehead atoms. The fourth-order valence-electron chi connectivity index (χ4n) is 3.30. The summed E-state index contributed by atoms with van der Waals surface area (Å²) >= 11 is 0. The van der Waals surface area contributed by atoms with Crippen LogP contribution in [-0.2, 0) is 17.9 Å². The second-order valence-electron chi connectivity index (χ2n) is 6.31. The third kappa shape index (κ3) is 3.03. The number of hydrogen-bond acceptors (Lipinski definition) is 6. The topological polar surface area (TPSA) is 88.9 Å². The predicted molar refractivity (Wildman–Crippen MR) is 94.8 cm³/mol. The van der Waals surface area contributed by atoms with Crippen LogP contribution in [0.4, 0.5) is 10.2 Å². The molecule has 1 saturated heterocycles. The van der Waals surface area contributed by atoms with Crippen LogP contribution in [-0.4, -0.2) is 50.9 Å². The van der Waals surface area contributed by atoms with Crippen LogP contribution in [0, 0.1) is 5.82 Å². The summed E-state index contributed by atoms with van der Waals surface area (Å²) in [6, 6.07) is 6.74. The standard InChI is InChI=1S/C18H20FN5O2/c19-16-7-12(1-2-13(16)10-25)15-8-14(9-23-3-5-26-6-4-23)24-17(15)18(20)21-11-22-24/h1-2,7-8,11,25H,3-6,9-10H2,(H2,20,21,22). The number of nitrogen functional groups attached to an aromatic ring is 1. The minimum atomic E-state index is -0.450. The molecule has 0 unspecified atom stereocenters. The van der Waals surface area contributed by atoms with Crippen LogP contribution in [0.3, 0.4) is 0 Å². The van der Waals surface area contributed by atoms with E-state index in [1.165, 1.54) is 12.4 Å². The number of halogens is 1. The number of anilines is 1. The first-order chi connectivity index (χ1) is 12.7. The summed E-state index contributed by atoms with van der Waals surface area (Å²) in [6.07, 6.45) is 1.42. The minimum Gasteiger partial charge on any atom is -0.392 e. The number of aromatic nitrogens is 3. The molecule has 1 fully saturated rings. The van der Waals surface area contributed by atoms with Crippen molar-refractivity contribution in [3.63, 3.8) is 0 Å². The van der Waals surface area contributed by atoms with Gasteiger partial charge in [0.25, 0.3) is 0 Å². The Morgan fingerprint density at radius 3 is 2.77 bits per heavy atom. The highest BCUT2D eigenvalue weighted by atomic mass is 19.1. The summed E-state index contributed by atoms with van der Waals surface area (Å²) in [5.74, 6) is -0.107. The number of ether oxygens (including phenoxy) is 1. The molecule has 3 N–H and O–H groups in total. The van der Waals surface area contributed by atoms with Gasteiger partial charge in [0.1, 0.15) is 17.7 Å². The third-order valence-corrected chi connectivity index (χ3v) is 4.68. The Hall–Kier alpha value is -2.55. The number of nitrogens with zero attached hydrogens (tertiary/aromatic N) is 4. The van der Waals surface area contributed by atoms with Gasteiger partial charge in [0.2, 0.25) is 0 Å². The van der Waals surface area contributed by atoms with Gasteiger partial charge in [-0.25, -0.2) is 13.9 Å². The molecule has 3 heterocycles. The normalized spacial score (nSPS) is 15.6.